The molecule has 0 aliphatic rings. The lowest BCUT2D eigenvalue weighted by atomic mass is 9.97. The Kier molecular flexibility index (Phi) is 8.04. The van der Waals surface area contributed by atoms with Crippen LogP contribution in [0.4, 0.5) is 17.1 Å². The third-order valence-corrected chi connectivity index (χ3v) is 12.4. The van der Waals surface area contributed by atoms with E-state index in [-0.39, 0.29) is 0 Å². The summed E-state index contributed by atoms with van der Waals surface area (Å²) in [6, 6.07) is 79.3. The summed E-state index contributed by atoms with van der Waals surface area (Å²) in [5, 5.41) is 5.04. The number of thiophene rings is 1. The lowest BCUT2D eigenvalue weighted by Gasteiger charge is -2.29. The summed E-state index contributed by atoms with van der Waals surface area (Å²) in [5.74, 6) is 0. The van der Waals surface area contributed by atoms with Gasteiger partial charge in [-0.05, 0) is 82.4 Å². The summed E-state index contributed by atoms with van der Waals surface area (Å²) in [6.45, 7) is 0. The average Bonchev–Trinajstić information content (AvgIpc) is 3.84. The Bertz CT molecular complexity index is 3190. The van der Waals surface area contributed by atoms with E-state index in [0.29, 0.717) is 0 Å². The Morgan fingerprint density at radius 1 is 0.368 bits per heavy atom. The summed E-state index contributed by atoms with van der Waals surface area (Å²) in [5.41, 5.74) is 14.1. The van der Waals surface area contributed by atoms with Crippen LogP contribution in [0.5, 0.6) is 0 Å². The zero-order valence-electron chi connectivity index (χ0n) is 31.1. The fourth-order valence-electron chi connectivity index (χ4n) is 8.63. The molecule has 9 aromatic carbocycles. The van der Waals surface area contributed by atoms with Crippen LogP contribution in [-0.2, 0) is 0 Å². The fourth-order valence-corrected chi connectivity index (χ4v) is 9.89. The first-order chi connectivity index (χ1) is 28.3. The molecule has 0 saturated heterocycles. The zero-order chi connectivity index (χ0) is 37.7. The number of benzene rings is 9. The molecule has 2 heterocycles. The van der Waals surface area contributed by atoms with Gasteiger partial charge in [0.2, 0.25) is 0 Å². The van der Waals surface area contributed by atoms with E-state index >= 15 is 0 Å². The number of hydrogen-bond acceptors (Lipinski definition) is 2. The van der Waals surface area contributed by atoms with Gasteiger partial charge in [0.1, 0.15) is 0 Å². The molecule has 0 unspecified atom stereocenters. The quantitative estimate of drug-likeness (QED) is 0.158. The van der Waals surface area contributed by atoms with Gasteiger partial charge in [0.15, 0.2) is 0 Å². The minimum atomic E-state index is 1.11. The SMILES string of the molecule is c1ccc(-c2cccc(N(c3ccccc3-c3ccccc3)c3ccc(-c4cccc(-n5c6ccccc6c6ccccc65)c4)c4sc5ccccc5c34)c2)cc1. The second-order valence-electron chi connectivity index (χ2n) is 14.5. The van der Waals surface area contributed by atoms with E-state index in [0.717, 1.165) is 22.7 Å². The molecule has 0 radical (unpaired) electrons. The summed E-state index contributed by atoms with van der Waals surface area (Å²) in [7, 11) is 0. The van der Waals surface area contributed by atoms with Crippen LogP contribution >= 0.6 is 11.3 Å². The maximum atomic E-state index is 2.48. The molecule has 0 bridgehead atoms. The highest BCUT2D eigenvalue weighted by Crippen LogP contribution is 2.50. The summed E-state index contributed by atoms with van der Waals surface area (Å²) >= 11 is 1.88. The number of nitrogens with zero attached hydrogens (tertiary/aromatic N) is 2. The summed E-state index contributed by atoms with van der Waals surface area (Å²) in [4.78, 5) is 2.48. The Balaban J connectivity index is 1.16. The molecule has 2 aromatic heterocycles. The fraction of sp³-hybridized carbons (Fsp3) is 0. The number of aromatic nitrogens is 1. The first-order valence-corrected chi connectivity index (χ1v) is 20.3. The van der Waals surface area contributed by atoms with Crippen LogP contribution < -0.4 is 4.90 Å². The van der Waals surface area contributed by atoms with Gasteiger partial charge < -0.3 is 9.47 Å². The Morgan fingerprint density at radius 2 is 0.965 bits per heavy atom. The molecule has 3 heteroatoms. The van der Waals surface area contributed by atoms with Crippen molar-refractivity contribution in [3.8, 4) is 39.1 Å². The van der Waals surface area contributed by atoms with Crippen molar-refractivity contribution in [3.63, 3.8) is 0 Å². The number of para-hydroxylation sites is 3. The highest BCUT2D eigenvalue weighted by Gasteiger charge is 2.24. The average molecular weight is 745 g/mol. The molecule has 11 aromatic rings. The normalized spacial score (nSPS) is 11.5. The standard InChI is InChI=1S/C54H36N2S/c1-3-17-37(18-4-1)39-21-15-23-41(35-39)56(48-29-11-7-25-43(48)38-19-5-2-6-20-38)51-34-33-44(54-53(51)47-28-10-14-32-52(47)57-54)40-22-16-24-42(36-40)55-49-30-12-8-26-45(49)46-27-9-13-31-50(46)55/h1-36H. The van der Waals surface area contributed by atoms with Crippen molar-refractivity contribution in [1.29, 1.82) is 0 Å². The van der Waals surface area contributed by atoms with Gasteiger partial charge in [0.25, 0.3) is 0 Å². The molecule has 2 nitrogen and oxygen atoms in total. The van der Waals surface area contributed by atoms with Crippen LogP contribution in [0.1, 0.15) is 0 Å². The Labute approximate surface area is 335 Å². The molecule has 0 saturated carbocycles. The van der Waals surface area contributed by atoms with Crippen LogP contribution in [0, 0.1) is 0 Å². The van der Waals surface area contributed by atoms with Gasteiger partial charge in [-0.1, -0.05) is 164 Å². The molecule has 57 heavy (non-hydrogen) atoms. The lowest BCUT2D eigenvalue weighted by molar-refractivity contribution is 1.18. The largest absolute Gasteiger partial charge is 0.309 e. The smallest absolute Gasteiger partial charge is 0.0555 e. The van der Waals surface area contributed by atoms with Gasteiger partial charge in [0.05, 0.1) is 22.4 Å². The third kappa shape index (κ3) is 5.63. The van der Waals surface area contributed by atoms with E-state index in [1.54, 1.807) is 0 Å². The van der Waals surface area contributed by atoms with Gasteiger partial charge in [-0.3, -0.25) is 0 Å². The highest BCUT2D eigenvalue weighted by molar-refractivity contribution is 7.26. The number of rotatable bonds is 7. The second-order valence-corrected chi connectivity index (χ2v) is 15.5. The van der Waals surface area contributed by atoms with Crippen molar-refractivity contribution < 1.29 is 0 Å². The van der Waals surface area contributed by atoms with Crippen LogP contribution in [0.15, 0.2) is 218 Å². The maximum absolute atomic E-state index is 2.48. The predicted octanol–water partition coefficient (Wildman–Crippen LogP) is 15.6. The van der Waals surface area contributed by atoms with E-state index in [1.165, 1.54) is 75.4 Å². The molecule has 0 aliphatic carbocycles. The molecular weight excluding hydrogens is 709 g/mol. The van der Waals surface area contributed by atoms with Crippen molar-refractivity contribution in [3.05, 3.63) is 218 Å². The van der Waals surface area contributed by atoms with Gasteiger partial charge >= 0.3 is 0 Å². The molecule has 11 rings (SSSR count). The molecule has 0 atom stereocenters. The van der Waals surface area contributed by atoms with Crippen molar-refractivity contribution in [2.24, 2.45) is 0 Å². The first kappa shape index (κ1) is 33.2. The van der Waals surface area contributed by atoms with Crippen molar-refractivity contribution >= 4 is 70.4 Å². The number of fused-ring (bicyclic) bond motifs is 6. The maximum Gasteiger partial charge on any atom is 0.0555 e. The van der Waals surface area contributed by atoms with E-state index in [2.05, 4.69) is 228 Å². The van der Waals surface area contributed by atoms with E-state index in [9.17, 15) is 0 Å². The second kappa shape index (κ2) is 13.8. The van der Waals surface area contributed by atoms with Gasteiger partial charge in [-0.25, -0.2) is 0 Å². The van der Waals surface area contributed by atoms with Gasteiger partial charge in [0, 0.05) is 47.9 Å². The molecule has 0 spiro atoms. The minimum absolute atomic E-state index is 1.11. The number of anilines is 3. The molecule has 0 fully saturated rings. The molecule has 0 N–H and O–H groups in total. The van der Waals surface area contributed by atoms with Crippen molar-refractivity contribution in [2.75, 3.05) is 4.90 Å². The lowest BCUT2D eigenvalue weighted by Crippen LogP contribution is -2.12. The molecule has 0 amide bonds. The van der Waals surface area contributed by atoms with Crippen LogP contribution in [0.2, 0.25) is 0 Å². The van der Waals surface area contributed by atoms with E-state index in [4.69, 9.17) is 0 Å². The molecule has 268 valence electrons. The van der Waals surface area contributed by atoms with Gasteiger partial charge in [-0.15, -0.1) is 11.3 Å². The van der Waals surface area contributed by atoms with Crippen molar-refractivity contribution in [1.82, 2.24) is 4.57 Å². The van der Waals surface area contributed by atoms with Gasteiger partial charge in [-0.2, -0.15) is 0 Å². The van der Waals surface area contributed by atoms with E-state index < -0.39 is 0 Å². The summed E-state index contributed by atoms with van der Waals surface area (Å²) in [6.07, 6.45) is 0. The monoisotopic (exact) mass is 744 g/mol. The predicted molar refractivity (Wildman–Crippen MR) is 245 cm³/mol. The molecule has 0 aliphatic heterocycles. The Morgan fingerprint density at radius 3 is 1.74 bits per heavy atom. The van der Waals surface area contributed by atoms with Crippen LogP contribution in [0.25, 0.3) is 81.0 Å². The first-order valence-electron chi connectivity index (χ1n) is 19.4. The van der Waals surface area contributed by atoms with Crippen LogP contribution in [0.3, 0.4) is 0 Å². The third-order valence-electron chi connectivity index (χ3n) is 11.2. The highest BCUT2D eigenvalue weighted by atomic mass is 32.1. The Hall–Kier alpha value is -7.20. The summed E-state index contributed by atoms with van der Waals surface area (Å²) < 4.78 is 4.95. The zero-order valence-corrected chi connectivity index (χ0v) is 31.9. The number of hydrogen-bond donors (Lipinski definition) is 0. The molecular formula is C54H36N2S. The van der Waals surface area contributed by atoms with Crippen LogP contribution in [-0.4, -0.2) is 4.57 Å². The van der Waals surface area contributed by atoms with Crippen molar-refractivity contribution in [2.45, 2.75) is 0 Å². The van der Waals surface area contributed by atoms with E-state index in [1.807, 2.05) is 11.3 Å². The minimum Gasteiger partial charge on any atom is -0.309 e. The topological polar surface area (TPSA) is 8.17 Å².